The topological polar surface area (TPSA) is 24.5 Å². The third kappa shape index (κ3) is 3.97. The Hall–Kier alpha value is -0.100. The molecule has 3 nitrogen and oxygen atoms in total. The smallest absolute Gasteiger partial charge is 0.137 e. The number of benzene rings is 1. The zero-order chi connectivity index (χ0) is 14.7. The molecular formula is C15H22Br2N2O. The van der Waals surface area contributed by atoms with E-state index in [0.717, 1.165) is 27.8 Å². The lowest BCUT2D eigenvalue weighted by Gasteiger charge is -2.35. The van der Waals surface area contributed by atoms with Crippen molar-refractivity contribution in [3.63, 3.8) is 0 Å². The van der Waals surface area contributed by atoms with Crippen LogP contribution < -0.4 is 10.1 Å². The van der Waals surface area contributed by atoms with Crippen LogP contribution in [0.5, 0.6) is 5.75 Å². The van der Waals surface area contributed by atoms with E-state index in [2.05, 4.69) is 62.1 Å². The third-order valence-electron chi connectivity index (χ3n) is 3.95. The van der Waals surface area contributed by atoms with Crippen LogP contribution in [0.3, 0.4) is 0 Å². The molecule has 2 unspecified atom stereocenters. The van der Waals surface area contributed by atoms with E-state index in [4.69, 9.17) is 4.74 Å². The predicted molar refractivity (Wildman–Crippen MR) is 90.3 cm³/mol. The van der Waals surface area contributed by atoms with Gasteiger partial charge < -0.3 is 15.0 Å². The van der Waals surface area contributed by atoms with Gasteiger partial charge in [-0.2, -0.15) is 0 Å². The van der Waals surface area contributed by atoms with E-state index in [9.17, 15) is 0 Å². The molecule has 1 fully saturated rings. The quantitative estimate of drug-likeness (QED) is 0.827. The van der Waals surface area contributed by atoms with Crippen LogP contribution >= 0.6 is 31.9 Å². The van der Waals surface area contributed by atoms with Crippen molar-refractivity contribution in [3.05, 3.63) is 26.6 Å². The van der Waals surface area contributed by atoms with Gasteiger partial charge in [-0.1, -0.05) is 22.9 Å². The fourth-order valence-corrected chi connectivity index (χ4v) is 4.35. The van der Waals surface area contributed by atoms with Crippen molar-refractivity contribution in [1.82, 2.24) is 10.2 Å². The number of hydrogen-bond donors (Lipinski definition) is 1. The van der Waals surface area contributed by atoms with Crippen molar-refractivity contribution in [2.24, 2.45) is 5.92 Å². The summed E-state index contributed by atoms with van der Waals surface area (Å²) in [6.45, 7) is 5.49. The normalized spacial score (nSPS) is 23.9. The first kappa shape index (κ1) is 16.3. The molecule has 1 aromatic carbocycles. The Morgan fingerprint density at radius 2 is 2.15 bits per heavy atom. The molecule has 1 aromatic rings. The van der Waals surface area contributed by atoms with Crippen LogP contribution in [0.25, 0.3) is 0 Å². The van der Waals surface area contributed by atoms with E-state index in [1.54, 1.807) is 7.11 Å². The lowest BCUT2D eigenvalue weighted by atomic mass is 9.94. The molecule has 0 bridgehead atoms. The maximum absolute atomic E-state index is 5.50. The second-order valence-corrected chi connectivity index (χ2v) is 7.37. The fraction of sp³-hybridized carbons (Fsp3) is 0.600. The number of nitrogens with one attached hydrogen (secondary N) is 1. The molecule has 5 heteroatoms. The van der Waals surface area contributed by atoms with Gasteiger partial charge in [-0.3, -0.25) is 0 Å². The Morgan fingerprint density at radius 1 is 1.40 bits per heavy atom. The second-order valence-electron chi connectivity index (χ2n) is 5.60. The number of methoxy groups -OCH3 is 1. The molecule has 2 rings (SSSR count). The van der Waals surface area contributed by atoms with Crippen LogP contribution in [0.15, 0.2) is 21.1 Å². The first-order chi connectivity index (χ1) is 9.51. The number of nitrogens with zero attached hydrogens (tertiary/aromatic N) is 1. The van der Waals surface area contributed by atoms with E-state index >= 15 is 0 Å². The Labute approximate surface area is 138 Å². The van der Waals surface area contributed by atoms with E-state index in [0.29, 0.717) is 12.0 Å². The van der Waals surface area contributed by atoms with E-state index in [1.165, 1.54) is 18.5 Å². The minimum atomic E-state index is 0.577. The van der Waals surface area contributed by atoms with Crippen molar-refractivity contribution < 1.29 is 4.74 Å². The molecular weight excluding hydrogens is 384 g/mol. The average molecular weight is 406 g/mol. The first-order valence-electron chi connectivity index (χ1n) is 6.95. The molecule has 1 N–H and O–H groups in total. The Balaban J connectivity index is 2.03. The lowest BCUT2D eigenvalue weighted by Crippen LogP contribution is -2.46. The molecule has 0 spiro atoms. The number of likely N-dealkylation sites (tertiary alicyclic amines) is 1. The van der Waals surface area contributed by atoms with Gasteiger partial charge in [-0.25, -0.2) is 0 Å². The van der Waals surface area contributed by atoms with E-state index in [1.807, 2.05) is 6.07 Å². The van der Waals surface area contributed by atoms with Crippen LogP contribution in [0, 0.1) is 5.92 Å². The van der Waals surface area contributed by atoms with Crippen LogP contribution in [0.2, 0.25) is 0 Å². The first-order valence-corrected chi connectivity index (χ1v) is 8.53. The molecule has 1 saturated heterocycles. The standard InChI is InChI=1S/C15H22Br2N2O/c1-10-9-19(2)5-4-14(10)18-8-11-6-12(16)7-13(17)15(11)20-3/h6-7,10,14,18H,4-5,8-9H2,1-3H3. The summed E-state index contributed by atoms with van der Waals surface area (Å²) in [5.74, 6) is 1.59. The van der Waals surface area contributed by atoms with Gasteiger partial charge in [0, 0.05) is 29.2 Å². The van der Waals surface area contributed by atoms with Crippen LogP contribution in [-0.2, 0) is 6.54 Å². The molecule has 0 aromatic heterocycles. The molecule has 0 aliphatic carbocycles. The number of hydrogen-bond acceptors (Lipinski definition) is 3. The molecule has 2 atom stereocenters. The summed E-state index contributed by atoms with van der Waals surface area (Å²) in [5, 5.41) is 3.69. The third-order valence-corrected chi connectivity index (χ3v) is 5.00. The molecule has 20 heavy (non-hydrogen) atoms. The minimum Gasteiger partial charge on any atom is -0.495 e. The molecule has 0 radical (unpaired) electrons. The van der Waals surface area contributed by atoms with Gasteiger partial charge in [0.25, 0.3) is 0 Å². The van der Waals surface area contributed by atoms with Gasteiger partial charge in [0.1, 0.15) is 5.75 Å². The van der Waals surface area contributed by atoms with Crippen molar-refractivity contribution >= 4 is 31.9 Å². The summed E-state index contributed by atoms with van der Waals surface area (Å²) in [6.07, 6.45) is 1.20. The molecule has 1 aliphatic heterocycles. The minimum absolute atomic E-state index is 0.577. The van der Waals surface area contributed by atoms with E-state index < -0.39 is 0 Å². The Kier molecular flexibility index (Phi) is 5.90. The molecule has 1 aliphatic rings. The maximum Gasteiger partial charge on any atom is 0.137 e. The summed E-state index contributed by atoms with van der Waals surface area (Å²) >= 11 is 7.10. The van der Waals surface area contributed by atoms with Gasteiger partial charge in [-0.15, -0.1) is 0 Å². The van der Waals surface area contributed by atoms with Gasteiger partial charge in [-0.05, 0) is 54.0 Å². The van der Waals surface area contributed by atoms with Gasteiger partial charge in [0.15, 0.2) is 0 Å². The summed E-state index contributed by atoms with van der Waals surface area (Å²) < 4.78 is 7.56. The number of halogens is 2. The SMILES string of the molecule is COc1c(Br)cc(Br)cc1CNC1CCN(C)CC1C. The van der Waals surface area contributed by atoms with Gasteiger partial charge >= 0.3 is 0 Å². The average Bonchev–Trinajstić information content (AvgIpc) is 2.37. The summed E-state index contributed by atoms with van der Waals surface area (Å²) in [5.41, 5.74) is 1.18. The van der Waals surface area contributed by atoms with Crippen molar-refractivity contribution in [3.8, 4) is 5.75 Å². The van der Waals surface area contributed by atoms with Crippen LogP contribution in [-0.4, -0.2) is 38.2 Å². The molecule has 0 saturated carbocycles. The maximum atomic E-state index is 5.50. The highest BCUT2D eigenvalue weighted by atomic mass is 79.9. The number of piperidine rings is 1. The highest BCUT2D eigenvalue weighted by Crippen LogP contribution is 2.32. The molecule has 112 valence electrons. The van der Waals surface area contributed by atoms with Crippen molar-refractivity contribution in [2.75, 3.05) is 27.2 Å². The number of ether oxygens (including phenoxy) is 1. The van der Waals surface area contributed by atoms with Crippen LogP contribution in [0.1, 0.15) is 18.9 Å². The summed E-state index contributed by atoms with van der Waals surface area (Å²) in [6, 6.07) is 4.71. The molecule has 1 heterocycles. The van der Waals surface area contributed by atoms with Crippen LogP contribution in [0.4, 0.5) is 0 Å². The van der Waals surface area contributed by atoms with Gasteiger partial charge in [0.05, 0.1) is 11.6 Å². The monoisotopic (exact) mass is 404 g/mol. The Bertz CT molecular complexity index is 467. The highest BCUT2D eigenvalue weighted by Gasteiger charge is 2.24. The number of rotatable bonds is 4. The fourth-order valence-electron chi connectivity index (χ4n) is 2.87. The zero-order valence-electron chi connectivity index (χ0n) is 12.2. The van der Waals surface area contributed by atoms with Crippen molar-refractivity contribution in [1.29, 1.82) is 0 Å². The van der Waals surface area contributed by atoms with Gasteiger partial charge in [0.2, 0.25) is 0 Å². The summed E-state index contributed by atoms with van der Waals surface area (Å²) in [4.78, 5) is 2.40. The van der Waals surface area contributed by atoms with Crippen molar-refractivity contribution in [2.45, 2.75) is 25.9 Å². The molecule has 0 amide bonds. The second kappa shape index (κ2) is 7.25. The summed E-state index contributed by atoms with van der Waals surface area (Å²) in [7, 11) is 3.91. The largest absolute Gasteiger partial charge is 0.495 e. The predicted octanol–water partition coefficient (Wildman–Crippen LogP) is 3.65. The lowest BCUT2D eigenvalue weighted by molar-refractivity contribution is 0.174. The van der Waals surface area contributed by atoms with E-state index in [-0.39, 0.29) is 0 Å². The highest BCUT2D eigenvalue weighted by molar-refractivity contribution is 9.11. The Morgan fingerprint density at radius 3 is 2.80 bits per heavy atom. The zero-order valence-corrected chi connectivity index (χ0v) is 15.4.